The van der Waals surface area contributed by atoms with Crippen molar-refractivity contribution in [2.45, 2.75) is 0 Å². The molecule has 4 aromatic carbocycles. The van der Waals surface area contributed by atoms with Crippen molar-refractivity contribution in [3.8, 4) is 0 Å². The molecule has 5 rings (SSSR count). The van der Waals surface area contributed by atoms with E-state index in [0.29, 0.717) is 0 Å². The third-order valence-corrected chi connectivity index (χ3v) is 5.09. The van der Waals surface area contributed by atoms with Crippen LogP contribution < -0.4 is 0 Å². The van der Waals surface area contributed by atoms with E-state index in [0.717, 1.165) is 22.3 Å². The molecular weight excluding hydrogens is 316 g/mol. The molecule has 0 fully saturated rings. The zero-order valence-electron chi connectivity index (χ0n) is 14.1. The van der Waals surface area contributed by atoms with Gasteiger partial charge in [0.15, 0.2) is 0 Å². The molecule has 2 nitrogen and oxygen atoms in total. The SMILES string of the molecule is N=C1C=C(c2c3ccccc3cc3ccccc23)c2ccccc2C1=N. The van der Waals surface area contributed by atoms with E-state index in [1.54, 1.807) is 0 Å². The van der Waals surface area contributed by atoms with E-state index < -0.39 is 0 Å². The smallest absolute Gasteiger partial charge is 0.0867 e. The summed E-state index contributed by atoms with van der Waals surface area (Å²) in [5.41, 5.74) is 4.56. The monoisotopic (exact) mass is 332 g/mol. The van der Waals surface area contributed by atoms with E-state index in [4.69, 9.17) is 10.8 Å². The highest BCUT2D eigenvalue weighted by molar-refractivity contribution is 6.53. The second kappa shape index (κ2) is 5.50. The molecule has 0 amide bonds. The molecule has 122 valence electrons. The van der Waals surface area contributed by atoms with Crippen molar-refractivity contribution < 1.29 is 0 Å². The Morgan fingerprint density at radius 3 is 1.77 bits per heavy atom. The molecule has 1 aliphatic rings. The van der Waals surface area contributed by atoms with Crippen molar-refractivity contribution in [1.82, 2.24) is 0 Å². The molecule has 0 saturated heterocycles. The van der Waals surface area contributed by atoms with E-state index in [9.17, 15) is 0 Å². The second-order valence-corrected chi connectivity index (χ2v) is 6.59. The summed E-state index contributed by atoms with van der Waals surface area (Å²) in [6.07, 6.45) is 1.85. The van der Waals surface area contributed by atoms with Gasteiger partial charge in [0.1, 0.15) is 0 Å². The zero-order valence-corrected chi connectivity index (χ0v) is 14.1. The van der Waals surface area contributed by atoms with Crippen LogP contribution in [0.15, 0.2) is 84.9 Å². The Morgan fingerprint density at radius 1 is 0.577 bits per heavy atom. The fourth-order valence-corrected chi connectivity index (χ4v) is 3.89. The summed E-state index contributed by atoms with van der Waals surface area (Å²) in [5, 5.41) is 21.3. The maximum atomic E-state index is 8.32. The predicted molar refractivity (Wildman–Crippen MR) is 110 cm³/mol. The van der Waals surface area contributed by atoms with Crippen LogP contribution in [0.3, 0.4) is 0 Å². The lowest BCUT2D eigenvalue weighted by atomic mass is 9.81. The lowest BCUT2D eigenvalue weighted by Gasteiger charge is -2.22. The van der Waals surface area contributed by atoms with Crippen molar-refractivity contribution in [3.05, 3.63) is 102 Å². The largest absolute Gasteiger partial charge is 0.299 e. The molecule has 0 bridgehead atoms. The van der Waals surface area contributed by atoms with Gasteiger partial charge < -0.3 is 0 Å². The van der Waals surface area contributed by atoms with Crippen LogP contribution in [-0.2, 0) is 0 Å². The summed E-state index contributed by atoms with van der Waals surface area (Å²) >= 11 is 0. The van der Waals surface area contributed by atoms with Gasteiger partial charge in [0, 0.05) is 5.56 Å². The minimum atomic E-state index is 0.260. The topological polar surface area (TPSA) is 47.7 Å². The van der Waals surface area contributed by atoms with E-state index in [1.165, 1.54) is 21.5 Å². The number of allylic oxidation sites excluding steroid dienone is 1. The quantitative estimate of drug-likeness (QED) is 0.412. The lowest BCUT2D eigenvalue weighted by molar-refractivity contribution is 1.44. The fourth-order valence-electron chi connectivity index (χ4n) is 3.89. The average Bonchev–Trinajstić information content (AvgIpc) is 2.69. The highest BCUT2D eigenvalue weighted by Crippen LogP contribution is 2.39. The van der Waals surface area contributed by atoms with Gasteiger partial charge in [0.2, 0.25) is 0 Å². The van der Waals surface area contributed by atoms with Crippen molar-refractivity contribution in [2.75, 3.05) is 0 Å². The summed E-state index contributed by atoms with van der Waals surface area (Å²) in [7, 11) is 0. The molecule has 26 heavy (non-hydrogen) atoms. The normalized spacial score (nSPS) is 13.8. The highest BCUT2D eigenvalue weighted by atomic mass is 14.5. The molecule has 0 aliphatic heterocycles. The Labute approximate surface area is 151 Å². The van der Waals surface area contributed by atoms with Gasteiger partial charge in [-0.25, -0.2) is 0 Å². The molecule has 0 spiro atoms. The maximum Gasteiger partial charge on any atom is 0.0867 e. The molecule has 4 aromatic rings. The summed E-state index contributed by atoms with van der Waals surface area (Å²) < 4.78 is 0. The molecule has 0 saturated carbocycles. The summed E-state index contributed by atoms with van der Waals surface area (Å²) in [5.74, 6) is 0. The minimum absolute atomic E-state index is 0.260. The first kappa shape index (κ1) is 14.8. The van der Waals surface area contributed by atoms with Gasteiger partial charge in [-0.3, -0.25) is 10.8 Å². The number of hydrogen-bond donors (Lipinski definition) is 2. The zero-order chi connectivity index (χ0) is 17.7. The molecule has 1 aliphatic carbocycles. The van der Waals surface area contributed by atoms with Crippen molar-refractivity contribution in [1.29, 1.82) is 10.8 Å². The Kier molecular flexibility index (Phi) is 3.13. The molecule has 0 aromatic heterocycles. The van der Waals surface area contributed by atoms with Crippen LogP contribution in [0, 0.1) is 10.8 Å². The number of benzene rings is 4. The van der Waals surface area contributed by atoms with Gasteiger partial charge in [-0.05, 0) is 50.4 Å². The Hall–Kier alpha value is -3.52. The predicted octanol–water partition coefficient (Wildman–Crippen LogP) is 5.83. The van der Waals surface area contributed by atoms with Crippen LogP contribution in [0.25, 0.3) is 27.1 Å². The van der Waals surface area contributed by atoms with Crippen molar-refractivity contribution in [3.63, 3.8) is 0 Å². The van der Waals surface area contributed by atoms with E-state index >= 15 is 0 Å². The molecular formula is C24H16N2. The first-order valence-electron chi connectivity index (χ1n) is 8.64. The van der Waals surface area contributed by atoms with Crippen molar-refractivity contribution >= 4 is 38.5 Å². The number of nitrogens with one attached hydrogen (secondary N) is 2. The van der Waals surface area contributed by atoms with E-state index in [2.05, 4.69) is 60.7 Å². The van der Waals surface area contributed by atoms with Crippen LogP contribution in [0.2, 0.25) is 0 Å². The standard InChI is InChI=1S/C24H16N2/c25-22-14-21(19-11-5-6-12-20(19)24(22)26)23-17-9-3-1-7-15(17)13-16-8-2-4-10-18(16)23/h1-14,25-26H. The Morgan fingerprint density at radius 2 is 1.12 bits per heavy atom. The van der Waals surface area contributed by atoms with Crippen LogP contribution in [-0.4, -0.2) is 11.4 Å². The Bertz CT molecular complexity index is 1210. The van der Waals surface area contributed by atoms with Crippen LogP contribution in [0.5, 0.6) is 0 Å². The van der Waals surface area contributed by atoms with Gasteiger partial charge in [-0.2, -0.15) is 0 Å². The molecule has 0 radical (unpaired) electrons. The van der Waals surface area contributed by atoms with Crippen LogP contribution in [0.4, 0.5) is 0 Å². The number of rotatable bonds is 1. The lowest BCUT2D eigenvalue weighted by Crippen LogP contribution is -2.18. The number of fused-ring (bicyclic) bond motifs is 3. The van der Waals surface area contributed by atoms with E-state index in [1.807, 2.05) is 24.3 Å². The maximum absolute atomic E-state index is 8.32. The van der Waals surface area contributed by atoms with Gasteiger partial charge in [-0.1, -0.05) is 72.8 Å². The number of hydrogen-bond acceptors (Lipinski definition) is 2. The third kappa shape index (κ3) is 2.06. The summed E-state index contributed by atoms with van der Waals surface area (Å²) in [6.45, 7) is 0. The third-order valence-electron chi connectivity index (χ3n) is 5.09. The molecule has 0 unspecified atom stereocenters. The second-order valence-electron chi connectivity index (χ2n) is 6.59. The molecule has 0 heterocycles. The first-order valence-corrected chi connectivity index (χ1v) is 8.64. The van der Waals surface area contributed by atoms with Crippen LogP contribution >= 0.6 is 0 Å². The molecule has 2 N–H and O–H groups in total. The van der Waals surface area contributed by atoms with Gasteiger partial charge in [-0.15, -0.1) is 0 Å². The minimum Gasteiger partial charge on any atom is -0.299 e. The highest BCUT2D eigenvalue weighted by Gasteiger charge is 2.23. The Balaban J connectivity index is 1.96. The fraction of sp³-hybridized carbons (Fsp3) is 0. The van der Waals surface area contributed by atoms with Crippen LogP contribution in [0.1, 0.15) is 16.7 Å². The van der Waals surface area contributed by atoms with Crippen molar-refractivity contribution in [2.24, 2.45) is 0 Å². The molecule has 0 atom stereocenters. The first-order chi connectivity index (χ1) is 12.7. The van der Waals surface area contributed by atoms with Gasteiger partial charge in [0.05, 0.1) is 11.4 Å². The molecule has 2 heteroatoms. The summed E-state index contributed by atoms with van der Waals surface area (Å²) in [6, 6.07) is 26.9. The van der Waals surface area contributed by atoms with Gasteiger partial charge in [0.25, 0.3) is 0 Å². The summed E-state index contributed by atoms with van der Waals surface area (Å²) in [4.78, 5) is 0. The van der Waals surface area contributed by atoms with E-state index in [-0.39, 0.29) is 11.4 Å². The average molecular weight is 332 g/mol. The van der Waals surface area contributed by atoms with Gasteiger partial charge >= 0.3 is 0 Å².